The molecule has 0 radical (unpaired) electrons. The fraction of sp³-hybridized carbons (Fsp3) is 0.190. The third-order valence-electron chi connectivity index (χ3n) is 4.59. The lowest BCUT2D eigenvalue weighted by Gasteiger charge is -2.13. The number of hydrogen-bond donors (Lipinski definition) is 2. The zero-order valence-corrected chi connectivity index (χ0v) is 16.2. The van der Waals surface area contributed by atoms with Crippen molar-refractivity contribution in [3.05, 3.63) is 69.8 Å². The molecule has 0 unspecified atom stereocenters. The van der Waals surface area contributed by atoms with Gasteiger partial charge in [-0.3, -0.25) is 4.79 Å². The topological polar surface area (TPSA) is 75.1 Å². The Hall–Kier alpha value is -2.73. The van der Waals surface area contributed by atoms with Gasteiger partial charge < -0.3 is 10.4 Å². The predicted molar refractivity (Wildman–Crippen MR) is 108 cm³/mol. The van der Waals surface area contributed by atoms with Crippen LogP contribution < -0.4 is 5.32 Å². The molecule has 0 bridgehead atoms. The zero-order chi connectivity index (χ0) is 18.8. The molecule has 27 heavy (non-hydrogen) atoms. The number of aliphatic carboxylic acids is 1. The number of rotatable bonds is 5. The van der Waals surface area contributed by atoms with Gasteiger partial charge in [0.2, 0.25) is 0 Å². The molecule has 136 valence electrons. The standard InChI is InChI=1S/C21H18BrN3O2/c22-15-4-1-3-14(12-15)20-24-18-6-2-5-17(18)21(25-20)23-16-9-7-13(8-10-16)11-19(26)27/h1,3-4,7-10,12H,2,5-6,11H2,(H,26,27)(H,23,24,25). The van der Waals surface area contributed by atoms with Gasteiger partial charge >= 0.3 is 5.97 Å². The second kappa shape index (κ2) is 7.48. The first kappa shape index (κ1) is 17.7. The molecule has 6 heteroatoms. The molecule has 2 N–H and O–H groups in total. The van der Waals surface area contributed by atoms with E-state index in [0.717, 1.165) is 52.1 Å². The predicted octanol–water partition coefficient (Wildman–Crippen LogP) is 4.77. The van der Waals surface area contributed by atoms with Gasteiger partial charge in [0.15, 0.2) is 5.82 Å². The van der Waals surface area contributed by atoms with Crippen LogP contribution in [-0.2, 0) is 24.1 Å². The normalized spacial score (nSPS) is 12.6. The van der Waals surface area contributed by atoms with Gasteiger partial charge in [0.25, 0.3) is 0 Å². The van der Waals surface area contributed by atoms with Crippen molar-refractivity contribution in [3.63, 3.8) is 0 Å². The highest BCUT2D eigenvalue weighted by Crippen LogP contribution is 2.31. The number of aryl methyl sites for hydroxylation is 1. The van der Waals surface area contributed by atoms with Crippen LogP contribution in [-0.4, -0.2) is 21.0 Å². The lowest BCUT2D eigenvalue weighted by Crippen LogP contribution is -2.04. The molecule has 5 nitrogen and oxygen atoms in total. The van der Waals surface area contributed by atoms with E-state index in [0.29, 0.717) is 5.82 Å². The minimum atomic E-state index is -0.831. The van der Waals surface area contributed by atoms with Gasteiger partial charge in [0, 0.05) is 27.0 Å². The van der Waals surface area contributed by atoms with Crippen LogP contribution in [0.1, 0.15) is 23.2 Å². The quantitative estimate of drug-likeness (QED) is 0.618. The van der Waals surface area contributed by atoms with E-state index in [1.54, 1.807) is 0 Å². The van der Waals surface area contributed by atoms with E-state index in [9.17, 15) is 4.79 Å². The third kappa shape index (κ3) is 4.01. The van der Waals surface area contributed by atoms with Crippen LogP contribution in [0.15, 0.2) is 53.0 Å². The molecular formula is C21H18BrN3O2. The van der Waals surface area contributed by atoms with Crippen LogP contribution in [0.2, 0.25) is 0 Å². The Labute approximate surface area is 165 Å². The van der Waals surface area contributed by atoms with Crippen molar-refractivity contribution in [2.24, 2.45) is 0 Å². The summed E-state index contributed by atoms with van der Waals surface area (Å²) in [5.74, 6) is 0.711. The summed E-state index contributed by atoms with van der Waals surface area (Å²) in [7, 11) is 0. The lowest BCUT2D eigenvalue weighted by atomic mass is 10.1. The summed E-state index contributed by atoms with van der Waals surface area (Å²) in [6.07, 6.45) is 3.03. The Morgan fingerprint density at radius 2 is 1.93 bits per heavy atom. The van der Waals surface area contributed by atoms with Gasteiger partial charge in [-0.2, -0.15) is 0 Å². The van der Waals surface area contributed by atoms with Crippen molar-refractivity contribution in [1.29, 1.82) is 0 Å². The van der Waals surface area contributed by atoms with Gasteiger partial charge in [-0.25, -0.2) is 9.97 Å². The van der Waals surface area contributed by atoms with E-state index in [1.807, 2.05) is 48.5 Å². The van der Waals surface area contributed by atoms with Crippen molar-refractivity contribution < 1.29 is 9.90 Å². The third-order valence-corrected chi connectivity index (χ3v) is 5.08. The lowest BCUT2D eigenvalue weighted by molar-refractivity contribution is -0.136. The van der Waals surface area contributed by atoms with E-state index in [-0.39, 0.29) is 6.42 Å². The Morgan fingerprint density at radius 3 is 2.67 bits per heavy atom. The maximum Gasteiger partial charge on any atom is 0.307 e. The summed E-state index contributed by atoms with van der Waals surface area (Å²) in [5, 5.41) is 12.3. The summed E-state index contributed by atoms with van der Waals surface area (Å²) in [5.41, 5.74) is 4.90. The van der Waals surface area contributed by atoms with Gasteiger partial charge in [0.05, 0.1) is 6.42 Å². The summed E-state index contributed by atoms with van der Waals surface area (Å²) in [4.78, 5) is 20.4. The summed E-state index contributed by atoms with van der Waals surface area (Å²) >= 11 is 3.50. The molecule has 0 saturated carbocycles. The van der Waals surface area contributed by atoms with E-state index in [4.69, 9.17) is 15.1 Å². The highest BCUT2D eigenvalue weighted by molar-refractivity contribution is 9.10. The number of aromatic nitrogens is 2. The number of carbonyl (C=O) groups is 1. The molecule has 1 aliphatic rings. The molecule has 1 aromatic heterocycles. The van der Waals surface area contributed by atoms with Gasteiger partial charge in [0.1, 0.15) is 5.82 Å². The Kier molecular flexibility index (Phi) is 4.90. The summed E-state index contributed by atoms with van der Waals surface area (Å²) < 4.78 is 0.993. The maximum atomic E-state index is 10.8. The van der Waals surface area contributed by atoms with E-state index < -0.39 is 5.97 Å². The molecule has 2 aromatic carbocycles. The molecule has 0 spiro atoms. The number of hydrogen-bond acceptors (Lipinski definition) is 4. The zero-order valence-electron chi connectivity index (χ0n) is 14.6. The van der Waals surface area contributed by atoms with Crippen LogP contribution >= 0.6 is 15.9 Å². The highest BCUT2D eigenvalue weighted by Gasteiger charge is 2.20. The van der Waals surface area contributed by atoms with Crippen LogP contribution in [0.25, 0.3) is 11.4 Å². The minimum absolute atomic E-state index is 0.0240. The molecule has 0 fully saturated rings. The van der Waals surface area contributed by atoms with Gasteiger partial charge in [-0.15, -0.1) is 0 Å². The number of anilines is 2. The van der Waals surface area contributed by atoms with E-state index in [1.165, 1.54) is 5.56 Å². The maximum absolute atomic E-state index is 10.8. The number of nitrogens with zero attached hydrogens (tertiary/aromatic N) is 2. The largest absolute Gasteiger partial charge is 0.481 e. The van der Waals surface area contributed by atoms with E-state index in [2.05, 4.69) is 21.2 Å². The summed E-state index contributed by atoms with van der Waals surface area (Å²) in [6.45, 7) is 0. The first-order chi connectivity index (χ1) is 13.1. The average Bonchev–Trinajstić information content (AvgIpc) is 3.12. The number of nitrogens with one attached hydrogen (secondary N) is 1. The fourth-order valence-electron chi connectivity index (χ4n) is 3.31. The summed E-state index contributed by atoms with van der Waals surface area (Å²) in [6, 6.07) is 15.4. The number of carboxylic acid groups (broad SMARTS) is 1. The minimum Gasteiger partial charge on any atom is -0.481 e. The second-order valence-corrected chi connectivity index (χ2v) is 7.49. The Balaban J connectivity index is 1.67. The fourth-order valence-corrected chi connectivity index (χ4v) is 3.71. The number of carboxylic acids is 1. The molecule has 1 aliphatic carbocycles. The van der Waals surface area contributed by atoms with Crippen LogP contribution in [0.4, 0.5) is 11.5 Å². The van der Waals surface area contributed by atoms with Gasteiger partial charge in [-0.05, 0) is 49.1 Å². The highest BCUT2D eigenvalue weighted by atomic mass is 79.9. The van der Waals surface area contributed by atoms with Gasteiger partial charge in [-0.1, -0.05) is 40.2 Å². The number of benzene rings is 2. The number of halogens is 1. The molecule has 0 amide bonds. The SMILES string of the molecule is O=C(O)Cc1ccc(Nc2nc(-c3cccc(Br)c3)nc3c2CCC3)cc1. The van der Waals surface area contributed by atoms with Crippen molar-refractivity contribution in [3.8, 4) is 11.4 Å². The van der Waals surface area contributed by atoms with Crippen molar-refractivity contribution in [2.75, 3.05) is 5.32 Å². The monoisotopic (exact) mass is 423 g/mol. The molecular weight excluding hydrogens is 406 g/mol. The van der Waals surface area contributed by atoms with Crippen LogP contribution in [0, 0.1) is 0 Å². The molecule has 0 atom stereocenters. The van der Waals surface area contributed by atoms with E-state index >= 15 is 0 Å². The van der Waals surface area contributed by atoms with Crippen LogP contribution in [0.3, 0.4) is 0 Å². The molecule has 3 aromatic rings. The first-order valence-electron chi connectivity index (χ1n) is 8.82. The van der Waals surface area contributed by atoms with Crippen molar-refractivity contribution in [2.45, 2.75) is 25.7 Å². The molecule has 0 aliphatic heterocycles. The van der Waals surface area contributed by atoms with Crippen molar-refractivity contribution in [1.82, 2.24) is 9.97 Å². The smallest absolute Gasteiger partial charge is 0.307 e. The molecule has 0 saturated heterocycles. The molecule has 4 rings (SSSR count). The number of fused-ring (bicyclic) bond motifs is 1. The van der Waals surface area contributed by atoms with Crippen LogP contribution in [0.5, 0.6) is 0 Å². The first-order valence-corrected chi connectivity index (χ1v) is 9.61. The second-order valence-electron chi connectivity index (χ2n) is 6.58. The average molecular weight is 424 g/mol. The Bertz CT molecular complexity index is 1000. The van der Waals surface area contributed by atoms with Crippen molar-refractivity contribution >= 4 is 33.4 Å². The molecule has 1 heterocycles. The Morgan fingerprint density at radius 1 is 1.11 bits per heavy atom.